The van der Waals surface area contributed by atoms with Gasteiger partial charge in [0.2, 0.25) is 11.7 Å². The standard InChI is InChI=1S/C20H18F3N3O3S/c21-20(22,23)28-16-5-3-14(4-6-16)19(27)26-8-1-2-13(11-26)10-17-24-18(25-29-17)15-7-9-30-12-15/h3-7,9,12-13H,1-2,8,10-11H2/t13-/m0/s1. The number of carbonyl (C=O) groups excluding carboxylic acids is 1. The molecule has 158 valence electrons. The lowest BCUT2D eigenvalue weighted by Gasteiger charge is -2.32. The van der Waals surface area contributed by atoms with Crippen LogP contribution in [-0.2, 0) is 6.42 Å². The molecule has 2 aromatic heterocycles. The lowest BCUT2D eigenvalue weighted by Crippen LogP contribution is -2.40. The van der Waals surface area contributed by atoms with E-state index in [0.29, 0.717) is 36.8 Å². The van der Waals surface area contributed by atoms with Gasteiger partial charge in [-0.25, -0.2) is 0 Å². The fourth-order valence-corrected chi connectivity index (χ4v) is 4.13. The van der Waals surface area contributed by atoms with E-state index in [-0.39, 0.29) is 17.6 Å². The summed E-state index contributed by atoms with van der Waals surface area (Å²) in [6, 6.07) is 6.90. The van der Waals surface area contributed by atoms with E-state index >= 15 is 0 Å². The van der Waals surface area contributed by atoms with Gasteiger partial charge in [0.15, 0.2) is 0 Å². The Hall–Kier alpha value is -2.88. The maximum absolute atomic E-state index is 12.8. The van der Waals surface area contributed by atoms with Crippen LogP contribution in [0.5, 0.6) is 5.75 Å². The Morgan fingerprint density at radius 2 is 2.07 bits per heavy atom. The van der Waals surface area contributed by atoms with Gasteiger partial charge in [0.1, 0.15) is 5.75 Å². The number of carbonyl (C=O) groups is 1. The van der Waals surface area contributed by atoms with E-state index in [1.807, 2.05) is 16.8 Å². The van der Waals surface area contributed by atoms with Crippen molar-refractivity contribution in [1.82, 2.24) is 15.0 Å². The molecule has 0 aliphatic carbocycles. The van der Waals surface area contributed by atoms with Gasteiger partial charge in [-0.2, -0.15) is 16.3 Å². The molecule has 1 amide bonds. The lowest BCUT2D eigenvalue weighted by atomic mass is 9.94. The SMILES string of the molecule is O=C(c1ccc(OC(F)(F)F)cc1)N1CCC[C@@H](Cc2nc(-c3ccsc3)no2)C1. The monoisotopic (exact) mass is 437 g/mol. The number of hydrogen-bond donors (Lipinski definition) is 0. The van der Waals surface area contributed by atoms with Crippen molar-refractivity contribution in [2.75, 3.05) is 13.1 Å². The molecular weight excluding hydrogens is 419 g/mol. The Bertz CT molecular complexity index is 987. The molecule has 0 unspecified atom stereocenters. The predicted molar refractivity (Wildman–Crippen MR) is 103 cm³/mol. The fraction of sp³-hybridized carbons (Fsp3) is 0.350. The highest BCUT2D eigenvalue weighted by atomic mass is 32.1. The van der Waals surface area contributed by atoms with Crippen molar-refractivity contribution in [2.24, 2.45) is 5.92 Å². The Morgan fingerprint density at radius 3 is 2.77 bits per heavy atom. The van der Waals surface area contributed by atoms with Gasteiger partial charge in [0, 0.05) is 36.0 Å². The average Bonchev–Trinajstić information content (AvgIpc) is 3.39. The van der Waals surface area contributed by atoms with E-state index in [1.165, 1.54) is 12.1 Å². The van der Waals surface area contributed by atoms with Crippen LogP contribution in [0.15, 0.2) is 45.6 Å². The highest BCUT2D eigenvalue weighted by Crippen LogP contribution is 2.26. The maximum atomic E-state index is 12.8. The Morgan fingerprint density at radius 1 is 1.27 bits per heavy atom. The van der Waals surface area contributed by atoms with E-state index < -0.39 is 6.36 Å². The van der Waals surface area contributed by atoms with Crippen LogP contribution in [0.4, 0.5) is 13.2 Å². The summed E-state index contributed by atoms with van der Waals surface area (Å²) >= 11 is 1.55. The normalized spacial score (nSPS) is 17.2. The quantitative estimate of drug-likeness (QED) is 0.574. The Labute approximate surface area is 174 Å². The third-order valence-corrected chi connectivity index (χ3v) is 5.54. The largest absolute Gasteiger partial charge is 0.573 e. The third kappa shape index (κ3) is 4.99. The molecule has 0 spiro atoms. The molecule has 0 bridgehead atoms. The zero-order valence-electron chi connectivity index (χ0n) is 15.8. The number of aromatic nitrogens is 2. The minimum Gasteiger partial charge on any atom is -0.406 e. The molecule has 1 fully saturated rings. The van der Waals surface area contributed by atoms with Crippen molar-refractivity contribution in [3.05, 3.63) is 52.5 Å². The van der Waals surface area contributed by atoms with Crippen LogP contribution < -0.4 is 4.74 Å². The number of piperidine rings is 1. The second-order valence-electron chi connectivity index (χ2n) is 7.06. The van der Waals surface area contributed by atoms with Crippen LogP contribution in [0.1, 0.15) is 29.1 Å². The summed E-state index contributed by atoms with van der Waals surface area (Å²) in [5.74, 6) is 0.683. The number of ether oxygens (including phenoxy) is 1. The number of hydrogen-bond acceptors (Lipinski definition) is 6. The van der Waals surface area contributed by atoms with Crippen molar-refractivity contribution < 1.29 is 27.2 Å². The number of nitrogens with zero attached hydrogens (tertiary/aromatic N) is 3. The lowest BCUT2D eigenvalue weighted by molar-refractivity contribution is -0.274. The molecule has 6 nitrogen and oxygen atoms in total. The molecule has 0 saturated carbocycles. The van der Waals surface area contributed by atoms with Crippen LogP contribution in [0.25, 0.3) is 11.4 Å². The molecule has 1 aromatic carbocycles. The molecule has 3 aromatic rings. The van der Waals surface area contributed by atoms with Crippen LogP contribution in [0, 0.1) is 5.92 Å². The fourth-order valence-electron chi connectivity index (χ4n) is 3.49. The van der Waals surface area contributed by atoms with Crippen molar-refractivity contribution in [2.45, 2.75) is 25.6 Å². The zero-order chi connectivity index (χ0) is 21.1. The molecular formula is C20H18F3N3O3S. The molecule has 1 aliphatic heterocycles. The number of alkyl halides is 3. The van der Waals surface area contributed by atoms with Gasteiger partial charge in [0.25, 0.3) is 5.91 Å². The van der Waals surface area contributed by atoms with Crippen molar-refractivity contribution in [3.8, 4) is 17.1 Å². The van der Waals surface area contributed by atoms with Crippen LogP contribution in [-0.4, -0.2) is 40.4 Å². The van der Waals surface area contributed by atoms with Gasteiger partial charge in [-0.3, -0.25) is 4.79 Å². The number of rotatable bonds is 5. The zero-order valence-corrected chi connectivity index (χ0v) is 16.6. The predicted octanol–water partition coefficient (Wildman–Crippen LogP) is 4.79. The molecule has 1 saturated heterocycles. The Kier molecular flexibility index (Phi) is 5.76. The second-order valence-corrected chi connectivity index (χ2v) is 7.84. The second kappa shape index (κ2) is 8.47. The van der Waals surface area contributed by atoms with Crippen LogP contribution in [0.3, 0.4) is 0 Å². The summed E-state index contributed by atoms with van der Waals surface area (Å²) in [5, 5.41) is 7.89. The third-order valence-electron chi connectivity index (χ3n) is 4.85. The molecule has 0 radical (unpaired) electrons. The van der Waals surface area contributed by atoms with Crippen molar-refractivity contribution >= 4 is 17.2 Å². The van der Waals surface area contributed by atoms with E-state index in [0.717, 1.165) is 30.5 Å². The van der Waals surface area contributed by atoms with E-state index in [9.17, 15) is 18.0 Å². The van der Waals surface area contributed by atoms with Gasteiger partial charge >= 0.3 is 6.36 Å². The molecule has 10 heteroatoms. The van der Waals surface area contributed by atoms with Gasteiger partial charge in [-0.1, -0.05) is 5.16 Å². The summed E-state index contributed by atoms with van der Waals surface area (Å²) in [7, 11) is 0. The first-order valence-corrected chi connectivity index (χ1v) is 10.3. The van der Waals surface area contributed by atoms with Crippen LogP contribution >= 0.6 is 11.3 Å². The molecule has 0 N–H and O–H groups in total. The summed E-state index contributed by atoms with van der Waals surface area (Å²) < 4.78 is 46.0. The molecule has 4 rings (SSSR count). The number of amides is 1. The molecule has 1 atom stereocenters. The molecule has 30 heavy (non-hydrogen) atoms. The van der Waals surface area contributed by atoms with E-state index in [2.05, 4.69) is 14.9 Å². The average molecular weight is 437 g/mol. The first-order valence-electron chi connectivity index (χ1n) is 9.37. The van der Waals surface area contributed by atoms with E-state index in [4.69, 9.17) is 4.52 Å². The van der Waals surface area contributed by atoms with Crippen molar-refractivity contribution in [1.29, 1.82) is 0 Å². The number of thiophene rings is 1. The summed E-state index contributed by atoms with van der Waals surface area (Å²) in [4.78, 5) is 18.9. The number of halogens is 3. The van der Waals surface area contributed by atoms with Crippen LogP contribution in [0.2, 0.25) is 0 Å². The summed E-state index contributed by atoms with van der Waals surface area (Å²) in [5.41, 5.74) is 1.23. The molecule has 3 heterocycles. The van der Waals surface area contributed by atoms with Gasteiger partial charge < -0.3 is 14.2 Å². The van der Waals surface area contributed by atoms with Gasteiger partial charge in [-0.05, 0) is 54.5 Å². The summed E-state index contributed by atoms with van der Waals surface area (Å²) in [6.07, 6.45) is -2.43. The van der Waals surface area contributed by atoms with Gasteiger partial charge in [0.05, 0.1) is 0 Å². The maximum Gasteiger partial charge on any atom is 0.573 e. The van der Waals surface area contributed by atoms with Crippen molar-refractivity contribution in [3.63, 3.8) is 0 Å². The van der Waals surface area contributed by atoms with Gasteiger partial charge in [-0.15, -0.1) is 13.2 Å². The summed E-state index contributed by atoms with van der Waals surface area (Å²) in [6.45, 7) is 1.12. The first-order chi connectivity index (χ1) is 14.4. The topological polar surface area (TPSA) is 68.5 Å². The number of benzene rings is 1. The highest BCUT2D eigenvalue weighted by molar-refractivity contribution is 7.08. The Balaban J connectivity index is 1.37. The molecule has 1 aliphatic rings. The number of likely N-dealkylation sites (tertiary alicyclic amines) is 1. The highest BCUT2D eigenvalue weighted by Gasteiger charge is 2.31. The first kappa shape index (κ1) is 20.4. The minimum absolute atomic E-state index is 0.173. The minimum atomic E-state index is -4.76. The van der Waals surface area contributed by atoms with E-state index in [1.54, 1.807) is 16.2 Å². The smallest absolute Gasteiger partial charge is 0.406 e.